The van der Waals surface area contributed by atoms with Crippen molar-refractivity contribution in [2.24, 2.45) is 16.7 Å². The molecule has 1 aromatic carbocycles. The van der Waals surface area contributed by atoms with Crippen LogP contribution >= 0.6 is 0 Å². The van der Waals surface area contributed by atoms with Crippen molar-refractivity contribution < 1.29 is 13.5 Å². The molecule has 4 nitrogen and oxygen atoms in total. The number of benzene rings is 1. The highest BCUT2D eigenvalue weighted by Gasteiger charge is 2.60. The normalized spacial score (nSPS) is 34.2. The van der Waals surface area contributed by atoms with Crippen LogP contribution in [0.4, 0.5) is 0 Å². The van der Waals surface area contributed by atoms with Gasteiger partial charge in [-0.3, -0.25) is 0 Å². The van der Waals surface area contributed by atoms with Gasteiger partial charge in [-0.15, -0.1) is 0 Å². The Morgan fingerprint density at radius 1 is 1.24 bits per heavy atom. The molecule has 0 saturated heterocycles. The predicted molar refractivity (Wildman–Crippen MR) is 81.4 cm³/mol. The number of aromatic hydroxyl groups is 1. The van der Waals surface area contributed by atoms with Crippen molar-refractivity contribution in [1.82, 2.24) is 4.72 Å². The smallest absolute Gasteiger partial charge is 0.244 e. The van der Waals surface area contributed by atoms with Crippen LogP contribution < -0.4 is 4.72 Å². The van der Waals surface area contributed by atoms with Crippen molar-refractivity contribution >= 4 is 10.0 Å². The van der Waals surface area contributed by atoms with Gasteiger partial charge in [-0.05, 0) is 48.1 Å². The molecule has 0 radical (unpaired) electrons. The second-order valence-corrected chi connectivity index (χ2v) is 9.12. The second-order valence-electron chi connectivity index (χ2n) is 7.44. The van der Waals surface area contributed by atoms with Crippen molar-refractivity contribution in [3.8, 4) is 5.75 Å². The van der Waals surface area contributed by atoms with Crippen LogP contribution in [-0.2, 0) is 10.0 Å². The molecule has 1 aromatic rings. The fourth-order valence-corrected chi connectivity index (χ4v) is 6.13. The minimum Gasteiger partial charge on any atom is -0.507 e. The third-order valence-electron chi connectivity index (χ3n) is 5.70. The van der Waals surface area contributed by atoms with E-state index in [-0.39, 0.29) is 27.5 Å². The molecule has 0 spiro atoms. The molecule has 2 fully saturated rings. The molecule has 2 N–H and O–H groups in total. The van der Waals surface area contributed by atoms with E-state index in [1.54, 1.807) is 12.1 Å². The maximum atomic E-state index is 12.6. The van der Waals surface area contributed by atoms with E-state index in [1.807, 2.05) is 0 Å². The molecule has 3 unspecified atom stereocenters. The van der Waals surface area contributed by atoms with E-state index in [4.69, 9.17) is 0 Å². The number of sulfonamides is 1. The summed E-state index contributed by atoms with van der Waals surface area (Å²) in [5, 5.41) is 9.83. The summed E-state index contributed by atoms with van der Waals surface area (Å²) in [5.41, 5.74) is -0.0316. The highest BCUT2D eigenvalue weighted by Crippen LogP contribution is 2.62. The van der Waals surface area contributed by atoms with E-state index < -0.39 is 10.0 Å². The molecular formula is C16H23NO3S. The number of rotatable bonds is 3. The number of hydrogen-bond acceptors (Lipinski definition) is 3. The van der Waals surface area contributed by atoms with E-state index in [9.17, 15) is 13.5 Å². The average molecular weight is 309 g/mol. The maximum absolute atomic E-state index is 12.6. The van der Waals surface area contributed by atoms with E-state index >= 15 is 0 Å². The molecule has 0 heterocycles. The SMILES string of the molecule is CC12CCC(C1)C(C)(C)C2NS(=O)(=O)c1ccccc1O. The lowest BCUT2D eigenvalue weighted by Gasteiger charge is -2.42. The van der Waals surface area contributed by atoms with Crippen LogP contribution in [0, 0.1) is 16.7 Å². The number of para-hydroxylation sites is 1. The molecular weight excluding hydrogens is 286 g/mol. The summed E-state index contributed by atoms with van der Waals surface area (Å²) in [5.74, 6) is 0.371. The molecule has 3 rings (SSSR count). The quantitative estimate of drug-likeness (QED) is 0.902. The lowest BCUT2D eigenvalue weighted by atomic mass is 9.69. The topological polar surface area (TPSA) is 66.4 Å². The fourth-order valence-electron chi connectivity index (χ4n) is 4.50. The van der Waals surface area contributed by atoms with Crippen LogP contribution in [0.3, 0.4) is 0 Å². The first-order valence-electron chi connectivity index (χ1n) is 7.47. The van der Waals surface area contributed by atoms with Gasteiger partial charge in [0.25, 0.3) is 0 Å². The standard InChI is InChI=1S/C16H23NO3S/c1-15(2)11-8-9-16(3,10-11)14(15)17-21(19,20)13-7-5-4-6-12(13)18/h4-7,11,14,17-18H,8-10H2,1-3H3. The van der Waals surface area contributed by atoms with Gasteiger partial charge in [0.15, 0.2) is 0 Å². The molecule has 0 aliphatic heterocycles. The average Bonchev–Trinajstić information content (AvgIpc) is 2.86. The van der Waals surface area contributed by atoms with Crippen molar-refractivity contribution in [3.63, 3.8) is 0 Å². The molecule has 116 valence electrons. The van der Waals surface area contributed by atoms with Crippen molar-refractivity contribution in [1.29, 1.82) is 0 Å². The first kappa shape index (κ1) is 14.9. The number of phenols is 1. The molecule has 0 aromatic heterocycles. The Hall–Kier alpha value is -1.07. The highest BCUT2D eigenvalue weighted by molar-refractivity contribution is 7.89. The van der Waals surface area contributed by atoms with E-state index in [0.717, 1.165) is 12.8 Å². The minimum absolute atomic E-state index is 0.0195. The van der Waals surface area contributed by atoms with Gasteiger partial charge in [-0.2, -0.15) is 0 Å². The molecule has 21 heavy (non-hydrogen) atoms. The summed E-state index contributed by atoms with van der Waals surface area (Å²) in [4.78, 5) is -0.0350. The van der Waals surface area contributed by atoms with Crippen LogP contribution in [0.15, 0.2) is 29.2 Å². The number of nitrogens with one attached hydrogen (secondary N) is 1. The van der Waals surface area contributed by atoms with Crippen LogP contribution in [0.25, 0.3) is 0 Å². The van der Waals surface area contributed by atoms with E-state index in [1.165, 1.54) is 18.6 Å². The lowest BCUT2D eigenvalue weighted by Crippen LogP contribution is -2.52. The van der Waals surface area contributed by atoms with Crippen molar-refractivity contribution in [2.75, 3.05) is 0 Å². The number of phenolic OH excluding ortho intramolecular Hbond substituents is 1. The van der Waals surface area contributed by atoms with Gasteiger partial charge in [-0.25, -0.2) is 13.1 Å². The summed E-state index contributed by atoms with van der Waals surface area (Å²) < 4.78 is 28.2. The first-order chi connectivity index (χ1) is 9.67. The van der Waals surface area contributed by atoms with Crippen molar-refractivity contribution in [3.05, 3.63) is 24.3 Å². The molecule has 2 aliphatic carbocycles. The predicted octanol–water partition coefficient (Wildman–Crippen LogP) is 2.89. The Labute approximate surface area is 126 Å². The van der Waals surface area contributed by atoms with Crippen LogP contribution in [0.5, 0.6) is 5.75 Å². The van der Waals surface area contributed by atoms with Gasteiger partial charge in [0.05, 0.1) is 0 Å². The Bertz CT molecular complexity index is 663. The lowest BCUT2D eigenvalue weighted by molar-refractivity contribution is 0.127. The third kappa shape index (κ3) is 2.18. The van der Waals surface area contributed by atoms with E-state index in [0.29, 0.717) is 5.92 Å². The van der Waals surface area contributed by atoms with Gasteiger partial charge in [-0.1, -0.05) is 32.9 Å². The molecule has 5 heteroatoms. The van der Waals surface area contributed by atoms with Crippen LogP contribution in [-0.4, -0.2) is 19.6 Å². The fraction of sp³-hybridized carbons (Fsp3) is 0.625. The van der Waals surface area contributed by atoms with Crippen molar-refractivity contribution in [2.45, 2.75) is 51.0 Å². The molecule has 2 aliphatic rings. The summed E-state index contributed by atoms with van der Waals surface area (Å²) in [6.45, 7) is 6.49. The molecule has 2 saturated carbocycles. The zero-order chi connectivity index (χ0) is 15.5. The van der Waals surface area contributed by atoms with Gasteiger partial charge in [0.1, 0.15) is 10.6 Å². The Morgan fingerprint density at radius 2 is 1.90 bits per heavy atom. The number of hydrogen-bond donors (Lipinski definition) is 2. The zero-order valence-corrected chi connectivity index (χ0v) is 13.6. The largest absolute Gasteiger partial charge is 0.507 e. The Balaban J connectivity index is 1.95. The second kappa shape index (κ2) is 4.46. The monoisotopic (exact) mass is 309 g/mol. The summed E-state index contributed by atoms with van der Waals surface area (Å²) in [6, 6.07) is 6.01. The highest BCUT2D eigenvalue weighted by atomic mass is 32.2. The van der Waals surface area contributed by atoms with Gasteiger partial charge in [0.2, 0.25) is 10.0 Å². The third-order valence-corrected chi connectivity index (χ3v) is 7.17. The summed E-state index contributed by atoms with van der Waals surface area (Å²) in [6.07, 6.45) is 3.32. The Morgan fingerprint density at radius 3 is 2.48 bits per heavy atom. The minimum atomic E-state index is -3.71. The van der Waals surface area contributed by atoms with Gasteiger partial charge in [0, 0.05) is 6.04 Å². The molecule has 2 bridgehead atoms. The summed E-state index contributed by atoms with van der Waals surface area (Å²) >= 11 is 0. The van der Waals surface area contributed by atoms with Gasteiger partial charge < -0.3 is 5.11 Å². The molecule has 3 atom stereocenters. The molecule has 0 amide bonds. The summed E-state index contributed by atoms with van der Waals surface area (Å²) in [7, 11) is -3.71. The van der Waals surface area contributed by atoms with Gasteiger partial charge >= 0.3 is 0 Å². The van der Waals surface area contributed by atoms with E-state index in [2.05, 4.69) is 25.5 Å². The van der Waals surface area contributed by atoms with Crippen LogP contribution in [0.2, 0.25) is 0 Å². The zero-order valence-electron chi connectivity index (χ0n) is 12.8. The maximum Gasteiger partial charge on any atom is 0.244 e. The Kier molecular flexibility index (Phi) is 3.16. The van der Waals surface area contributed by atoms with Crippen LogP contribution in [0.1, 0.15) is 40.0 Å². The first-order valence-corrected chi connectivity index (χ1v) is 8.95. The number of fused-ring (bicyclic) bond motifs is 2.